The first-order chi connectivity index (χ1) is 12.0. The average molecular weight is 364 g/mol. The lowest BCUT2D eigenvalue weighted by Gasteiger charge is -2.29. The Morgan fingerprint density at radius 3 is 2.68 bits per heavy atom. The number of rotatable bonds is 4. The lowest BCUT2D eigenvalue weighted by atomic mass is 10.1. The number of halogens is 1. The maximum absolute atomic E-state index is 14.5. The molecule has 2 aliphatic heterocycles. The zero-order valence-electron chi connectivity index (χ0n) is 14.3. The van der Waals surface area contributed by atoms with Crippen molar-refractivity contribution in [2.45, 2.75) is 26.3 Å². The molecule has 0 bridgehead atoms. The predicted molar refractivity (Wildman–Crippen MR) is 97.0 cm³/mol. The van der Waals surface area contributed by atoms with Gasteiger partial charge in [-0.05, 0) is 48.9 Å². The molecule has 0 saturated carbocycles. The predicted octanol–water partition coefficient (Wildman–Crippen LogP) is 3.50. The highest BCUT2D eigenvalue weighted by molar-refractivity contribution is 8.18. The van der Waals surface area contributed by atoms with Crippen LogP contribution in [0.5, 0.6) is 0 Å². The summed E-state index contributed by atoms with van der Waals surface area (Å²) >= 11 is 0.908. The molecule has 2 aliphatic rings. The topological polar surface area (TPSA) is 49.9 Å². The van der Waals surface area contributed by atoms with Gasteiger partial charge in [-0.1, -0.05) is 13.0 Å². The monoisotopic (exact) mass is 364 g/mol. The number of amides is 2. The van der Waals surface area contributed by atoms with Crippen LogP contribution >= 0.6 is 11.8 Å². The Morgan fingerprint density at radius 2 is 2.04 bits per heavy atom. The lowest BCUT2D eigenvalue weighted by Crippen LogP contribution is -2.36. The SMILES string of the molecule is CC[C@@H](C)N1C(=O)S/C(=C/c2ccc(N3CCOCC3)c(F)c2)C1=O. The fourth-order valence-electron chi connectivity index (χ4n) is 2.87. The highest BCUT2D eigenvalue weighted by Crippen LogP contribution is 2.34. The molecule has 0 unspecified atom stereocenters. The van der Waals surface area contributed by atoms with Gasteiger partial charge < -0.3 is 9.64 Å². The third-order valence-corrected chi connectivity index (χ3v) is 5.36. The number of ether oxygens (including phenoxy) is 1. The number of hydrogen-bond donors (Lipinski definition) is 0. The molecule has 134 valence electrons. The van der Waals surface area contributed by atoms with Gasteiger partial charge in [-0.15, -0.1) is 0 Å². The zero-order chi connectivity index (χ0) is 18.0. The molecule has 1 atom stereocenters. The van der Waals surface area contributed by atoms with E-state index in [0.29, 0.717) is 48.9 Å². The molecule has 2 fully saturated rings. The van der Waals surface area contributed by atoms with E-state index in [9.17, 15) is 14.0 Å². The van der Waals surface area contributed by atoms with Crippen molar-refractivity contribution in [3.63, 3.8) is 0 Å². The van der Waals surface area contributed by atoms with Crippen LogP contribution in [0.3, 0.4) is 0 Å². The number of hydrogen-bond acceptors (Lipinski definition) is 5. The Kier molecular flexibility index (Phi) is 5.44. The highest BCUT2D eigenvalue weighted by atomic mass is 32.2. The number of morpholine rings is 1. The maximum atomic E-state index is 14.5. The molecule has 2 amide bonds. The van der Waals surface area contributed by atoms with Crippen molar-refractivity contribution in [1.82, 2.24) is 4.90 Å². The first kappa shape index (κ1) is 17.9. The molecule has 2 heterocycles. The molecule has 0 radical (unpaired) electrons. The van der Waals surface area contributed by atoms with Crippen LogP contribution in [-0.2, 0) is 9.53 Å². The molecule has 25 heavy (non-hydrogen) atoms. The molecule has 7 heteroatoms. The molecular formula is C18H21FN2O3S. The Hall–Kier alpha value is -1.86. The first-order valence-electron chi connectivity index (χ1n) is 8.40. The summed E-state index contributed by atoms with van der Waals surface area (Å²) in [6.45, 7) is 6.26. The molecule has 0 aromatic heterocycles. The van der Waals surface area contributed by atoms with E-state index in [4.69, 9.17) is 4.74 Å². The molecular weight excluding hydrogens is 343 g/mol. The molecule has 0 aliphatic carbocycles. The van der Waals surface area contributed by atoms with E-state index < -0.39 is 0 Å². The van der Waals surface area contributed by atoms with Crippen LogP contribution in [0.15, 0.2) is 23.1 Å². The Morgan fingerprint density at radius 1 is 1.32 bits per heavy atom. The van der Waals surface area contributed by atoms with E-state index >= 15 is 0 Å². The van der Waals surface area contributed by atoms with Crippen LogP contribution in [0.2, 0.25) is 0 Å². The minimum atomic E-state index is -0.336. The first-order valence-corrected chi connectivity index (χ1v) is 9.22. The van der Waals surface area contributed by atoms with Crippen LogP contribution in [0.25, 0.3) is 6.08 Å². The molecule has 5 nitrogen and oxygen atoms in total. The van der Waals surface area contributed by atoms with Crippen molar-refractivity contribution in [3.05, 3.63) is 34.5 Å². The quantitative estimate of drug-likeness (QED) is 0.766. The van der Waals surface area contributed by atoms with E-state index in [1.807, 2.05) is 18.7 Å². The van der Waals surface area contributed by atoms with Gasteiger partial charge in [0.2, 0.25) is 0 Å². The molecule has 0 N–H and O–H groups in total. The average Bonchev–Trinajstić information content (AvgIpc) is 2.89. The molecule has 1 aromatic rings. The molecule has 3 rings (SSSR count). The lowest BCUT2D eigenvalue weighted by molar-refractivity contribution is -0.124. The van der Waals surface area contributed by atoms with Crippen molar-refractivity contribution >= 4 is 34.7 Å². The summed E-state index contributed by atoms with van der Waals surface area (Å²) in [4.78, 5) is 28.0. The second kappa shape index (κ2) is 7.58. The third-order valence-electron chi connectivity index (χ3n) is 4.48. The number of anilines is 1. The van der Waals surface area contributed by atoms with Crippen molar-refractivity contribution in [2.24, 2.45) is 0 Å². The minimum absolute atomic E-state index is 0.140. The summed E-state index contributed by atoms with van der Waals surface area (Å²) in [6.07, 6.45) is 2.29. The van der Waals surface area contributed by atoms with E-state index in [2.05, 4.69) is 0 Å². The van der Waals surface area contributed by atoms with E-state index in [-0.39, 0.29) is 23.0 Å². The van der Waals surface area contributed by atoms with Crippen LogP contribution in [0.4, 0.5) is 14.9 Å². The minimum Gasteiger partial charge on any atom is -0.378 e. The van der Waals surface area contributed by atoms with E-state index in [1.165, 1.54) is 11.0 Å². The second-order valence-corrected chi connectivity index (χ2v) is 7.11. The molecule has 1 aromatic carbocycles. The summed E-state index contributed by atoms with van der Waals surface area (Å²) in [6, 6.07) is 4.75. The van der Waals surface area contributed by atoms with Gasteiger partial charge in [0, 0.05) is 19.1 Å². The summed E-state index contributed by atoms with van der Waals surface area (Å²) in [5.74, 6) is -0.640. The number of thioether (sulfide) groups is 1. The normalized spacial score (nSPS) is 21.3. The number of nitrogens with zero attached hydrogens (tertiary/aromatic N) is 2. The van der Waals surface area contributed by atoms with Gasteiger partial charge in [0.25, 0.3) is 11.1 Å². The zero-order valence-corrected chi connectivity index (χ0v) is 15.1. The maximum Gasteiger partial charge on any atom is 0.293 e. The molecule has 2 saturated heterocycles. The van der Waals surface area contributed by atoms with Crippen LogP contribution in [-0.4, -0.2) is 48.4 Å². The van der Waals surface area contributed by atoms with Crippen molar-refractivity contribution < 1.29 is 18.7 Å². The summed E-state index contributed by atoms with van der Waals surface area (Å²) in [5, 5.41) is -0.268. The fourth-order valence-corrected chi connectivity index (χ4v) is 3.80. The number of benzene rings is 1. The van der Waals surface area contributed by atoms with Gasteiger partial charge in [-0.25, -0.2) is 4.39 Å². The van der Waals surface area contributed by atoms with Gasteiger partial charge in [0.15, 0.2) is 0 Å². The highest BCUT2D eigenvalue weighted by Gasteiger charge is 2.37. The van der Waals surface area contributed by atoms with Crippen LogP contribution in [0, 0.1) is 5.82 Å². The largest absolute Gasteiger partial charge is 0.378 e. The van der Waals surface area contributed by atoms with Gasteiger partial charge >= 0.3 is 0 Å². The Labute approximate surface area is 150 Å². The summed E-state index contributed by atoms with van der Waals surface area (Å²) in [7, 11) is 0. The van der Waals surface area contributed by atoms with Crippen molar-refractivity contribution in [3.8, 4) is 0 Å². The smallest absolute Gasteiger partial charge is 0.293 e. The van der Waals surface area contributed by atoms with Gasteiger partial charge in [0.05, 0.1) is 23.8 Å². The Bertz CT molecular complexity index is 716. The van der Waals surface area contributed by atoms with Gasteiger partial charge in [-0.2, -0.15) is 0 Å². The standard InChI is InChI=1S/C18H21FN2O3S/c1-3-12(2)21-17(22)16(25-18(21)23)11-13-4-5-15(14(19)10-13)20-6-8-24-9-7-20/h4-5,10-12H,3,6-9H2,1-2H3/b16-11+/t12-/m1/s1. The van der Waals surface area contributed by atoms with E-state index in [0.717, 1.165) is 11.8 Å². The third kappa shape index (κ3) is 3.72. The van der Waals surface area contributed by atoms with Crippen molar-refractivity contribution in [1.29, 1.82) is 0 Å². The van der Waals surface area contributed by atoms with Crippen molar-refractivity contribution in [2.75, 3.05) is 31.2 Å². The van der Waals surface area contributed by atoms with Crippen LogP contribution < -0.4 is 4.90 Å². The summed E-state index contributed by atoms with van der Waals surface area (Å²) in [5.41, 5.74) is 1.11. The van der Waals surface area contributed by atoms with Gasteiger partial charge in [0.1, 0.15) is 5.82 Å². The van der Waals surface area contributed by atoms with Gasteiger partial charge in [-0.3, -0.25) is 14.5 Å². The van der Waals surface area contributed by atoms with E-state index in [1.54, 1.807) is 18.2 Å². The fraction of sp³-hybridized carbons (Fsp3) is 0.444. The number of imide groups is 1. The summed E-state index contributed by atoms with van der Waals surface area (Å²) < 4.78 is 19.7. The molecule has 0 spiro atoms. The number of carbonyl (C=O) groups excluding carboxylic acids is 2. The second-order valence-electron chi connectivity index (χ2n) is 6.12. The van der Waals surface area contributed by atoms with Crippen LogP contribution in [0.1, 0.15) is 25.8 Å². The number of carbonyl (C=O) groups is 2. The Balaban J connectivity index is 1.81.